The number of nitrogens with two attached hydrogens (primary N) is 1. The predicted molar refractivity (Wildman–Crippen MR) is 49.8 cm³/mol. The van der Waals surface area contributed by atoms with Crippen molar-refractivity contribution < 1.29 is 20.1 Å². The first-order valence-corrected chi connectivity index (χ1v) is 4.84. The normalized spacial score (nSPS) is 49.2. The lowest BCUT2D eigenvalue weighted by Crippen LogP contribution is -2.59. The van der Waals surface area contributed by atoms with Crippen LogP contribution in [0.25, 0.3) is 0 Å². The molecular weight excluding hydrogens is 277 g/mol. The van der Waals surface area contributed by atoms with Gasteiger partial charge in [0.25, 0.3) is 0 Å². The molecule has 0 aromatic heterocycles. The van der Waals surface area contributed by atoms with Crippen LogP contribution in [0.2, 0.25) is 0 Å². The lowest BCUT2D eigenvalue weighted by atomic mass is 10.0. The van der Waals surface area contributed by atoms with Crippen molar-refractivity contribution in [3.8, 4) is 0 Å². The van der Waals surface area contributed by atoms with Crippen molar-refractivity contribution in [3.63, 3.8) is 0 Å². The van der Waals surface area contributed by atoms with Gasteiger partial charge < -0.3 is 25.8 Å². The molecule has 0 radical (unpaired) electrons. The zero-order valence-electron chi connectivity index (χ0n) is 6.30. The third-order valence-electron chi connectivity index (χ3n) is 1.88. The maximum atomic E-state index is 9.39. The maximum absolute atomic E-state index is 9.39. The molecule has 1 heterocycles. The van der Waals surface area contributed by atoms with Crippen molar-refractivity contribution in [2.24, 2.45) is 5.73 Å². The largest absolute Gasteiger partial charge is 0.394 e. The third-order valence-corrected chi connectivity index (χ3v) is 3.33. The number of hydrogen-bond acceptors (Lipinski definition) is 5. The highest BCUT2D eigenvalue weighted by molar-refractivity contribution is 14.1. The Morgan fingerprint density at radius 3 is 2.42 bits per heavy atom. The van der Waals surface area contributed by atoms with Crippen LogP contribution >= 0.6 is 22.6 Å². The van der Waals surface area contributed by atoms with Gasteiger partial charge in [0.15, 0.2) is 0 Å². The molecule has 1 rings (SSSR count). The van der Waals surface area contributed by atoms with Gasteiger partial charge >= 0.3 is 0 Å². The fourth-order valence-corrected chi connectivity index (χ4v) is 1.71. The van der Waals surface area contributed by atoms with E-state index in [4.69, 9.17) is 15.6 Å². The number of halogens is 1. The Hall–Kier alpha value is 0.530. The number of hydrogen-bond donors (Lipinski definition) is 4. The van der Waals surface area contributed by atoms with Crippen molar-refractivity contribution in [2.45, 2.75) is 28.5 Å². The molecule has 72 valence electrons. The molecule has 0 aromatic carbocycles. The van der Waals surface area contributed by atoms with Crippen molar-refractivity contribution >= 4 is 22.6 Å². The number of rotatable bonds is 1. The SMILES string of the molecule is N[C@@H]1O[C@H](CO)[C@@H](O)[C@H](O)[C@H]1I. The molecule has 6 heteroatoms. The second-order valence-electron chi connectivity index (χ2n) is 2.75. The zero-order chi connectivity index (χ0) is 9.30. The standard InChI is InChI=1S/C6H12INO4/c7-3-5(11)4(10)2(1-9)12-6(3)8/h2-6,9-11H,1,8H2/t2-,3-,4-,5-,6-/m1/s1. The molecule has 5 nitrogen and oxygen atoms in total. The summed E-state index contributed by atoms with van der Waals surface area (Å²) in [5.41, 5.74) is 5.48. The minimum Gasteiger partial charge on any atom is -0.394 e. The molecule has 5 N–H and O–H groups in total. The highest BCUT2D eigenvalue weighted by Crippen LogP contribution is 2.23. The third kappa shape index (κ3) is 1.88. The molecule has 5 atom stereocenters. The summed E-state index contributed by atoms with van der Waals surface area (Å²) in [4.78, 5) is 0. The van der Waals surface area contributed by atoms with Crippen molar-refractivity contribution in [3.05, 3.63) is 0 Å². The first-order chi connectivity index (χ1) is 5.57. The average Bonchev–Trinajstić information content (AvgIpc) is 2.08. The van der Waals surface area contributed by atoms with Crippen LogP contribution in [-0.4, -0.2) is 50.4 Å². The predicted octanol–water partition coefficient (Wildman–Crippen LogP) is -1.81. The molecule has 0 aliphatic carbocycles. The molecule has 1 aliphatic heterocycles. The number of ether oxygens (including phenoxy) is 1. The maximum Gasteiger partial charge on any atom is 0.120 e. The summed E-state index contributed by atoms with van der Waals surface area (Å²) in [5, 5.41) is 27.4. The van der Waals surface area contributed by atoms with E-state index >= 15 is 0 Å². The minimum atomic E-state index is -1.06. The molecule has 0 bridgehead atoms. The van der Waals surface area contributed by atoms with Crippen LogP contribution in [0.4, 0.5) is 0 Å². The Morgan fingerprint density at radius 1 is 1.33 bits per heavy atom. The van der Waals surface area contributed by atoms with Gasteiger partial charge in [-0.05, 0) is 0 Å². The molecule has 0 amide bonds. The van der Waals surface area contributed by atoms with Crippen molar-refractivity contribution in [1.29, 1.82) is 0 Å². The van der Waals surface area contributed by atoms with E-state index in [0.29, 0.717) is 0 Å². The highest BCUT2D eigenvalue weighted by atomic mass is 127. The summed E-state index contributed by atoms with van der Waals surface area (Å²) in [5.74, 6) is 0. The molecule has 1 fully saturated rings. The van der Waals surface area contributed by atoms with Gasteiger partial charge in [0.05, 0.1) is 16.6 Å². The Labute approximate surface area is 83.7 Å². The van der Waals surface area contributed by atoms with Gasteiger partial charge in [-0.3, -0.25) is 0 Å². The zero-order valence-corrected chi connectivity index (χ0v) is 8.46. The fraction of sp³-hybridized carbons (Fsp3) is 1.00. The van der Waals surface area contributed by atoms with Gasteiger partial charge in [-0.25, -0.2) is 0 Å². The Morgan fingerprint density at radius 2 is 1.92 bits per heavy atom. The lowest BCUT2D eigenvalue weighted by molar-refractivity contribution is -0.170. The van der Waals surface area contributed by atoms with Crippen molar-refractivity contribution in [2.75, 3.05) is 6.61 Å². The van der Waals surface area contributed by atoms with Gasteiger partial charge in [-0.15, -0.1) is 0 Å². The van der Waals surface area contributed by atoms with Crippen molar-refractivity contribution in [1.82, 2.24) is 0 Å². The van der Waals surface area contributed by atoms with Gasteiger partial charge in [-0.2, -0.15) is 0 Å². The van der Waals surface area contributed by atoms with E-state index in [1.807, 2.05) is 22.6 Å². The van der Waals surface area contributed by atoms with E-state index in [1.54, 1.807) is 0 Å². The fourth-order valence-electron chi connectivity index (χ4n) is 1.11. The van der Waals surface area contributed by atoms with Crippen LogP contribution in [0.15, 0.2) is 0 Å². The summed E-state index contributed by atoms with van der Waals surface area (Å²) in [6.07, 6.45) is -3.41. The molecule has 0 aromatic rings. The van der Waals surface area contributed by atoms with Gasteiger partial charge in [-0.1, -0.05) is 22.6 Å². The monoisotopic (exact) mass is 289 g/mol. The van der Waals surface area contributed by atoms with E-state index in [0.717, 1.165) is 0 Å². The van der Waals surface area contributed by atoms with Crippen LogP contribution < -0.4 is 5.73 Å². The van der Waals surface area contributed by atoms with Crippen LogP contribution in [0.5, 0.6) is 0 Å². The molecule has 1 aliphatic rings. The number of aliphatic hydroxyl groups is 3. The van der Waals surface area contributed by atoms with E-state index in [1.165, 1.54) is 0 Å². The molecular formula is C6H12INO4. The van der Waals surface area contributed by atoms with Gasteiger partial charge in [0.1, 0.15) is 18.4 Å². The van der Waals surface area contributed by atoms with Gasteiger partial charge in [0, 0.05) is 0 Å². The molecule has 12 heavy (non-hydrogen) atoms. The molecule has 0 saturated carbocycles. The number of alkyl halides is 1. The van der Waals surface area contributed by atoms with E-state index < -0.39 is 24.5 Å². The molecule has 0 unspecified atom stereocenters. The van der Waals surface area contributed by atoms with E-state index in [9.17, 15) is 10.2 Å². The molecule has 0 spiro atoms. The number of aliphatic hydroxyl groups excluding tert-OH is 3. The Bertz CT molecular complexity index is 154. The Kier molecular flexibility index (Phi) is 3.68. The van der Waals surface area contributed by atoms with Crippen LogP contribution in [0.3, 0.4) is 0 Å². The second kappa shape index (κ2) is 4.16. The quantitative estimate of drug-likeness (QED) is 0.337. The Balaban J connectivity index is 2.63. The summed E-state index contributed by atoms with van der Waals surface area (Å²) in [6, 6.07) is 0. The minimum absolute atomic E-state index is 0.338. The van der Waals surface area contributed by atoms with Crippen LogP contribution in [-0.2, 0) is 4.74 Å². The van der Waals surface area contributed by atoms with Crippen LogP contribution in [0.1, 0.15) is 0 Å². The van der Waals surface area contributed by atoms with Crippen LogP contribution in [0, 0.1) is 0 Å². The second-order valence-corrected chi connectivity index (χ2v) is 4.19. The molecule has 1 saturated heterocycles. The summed E-state index contributed by atoms with van der Waals surface area (Å²) in [6.45, 7) is -0.338. The topological polar surface area (TPSA) is 95.9 Å². The average molecular weight is 289 g/mol. The van der Waals surface area contributed by atoms with E-state index in [2.05, 4.69) is 0 Å². The first-order valence-electron chi connectivity index (χ1n) is 3.60. The van der Waals surface area contributed by atoms with Gasteiger partial charge in [0.2, 0.25) is 0 Å². The first kappa shape index (κ1) is 10.6. The lowest BCUT2D eigenvalue weighted by Gasteiger charge is -2.38. The summed E-state index contributed by atoms with van der Waals surface area (Å²) in [7, 11) is 0. The summed E-state index contributed by atoms with van der Waals surface area (Å²) < 4.78 is 4.69. The smallest absolute Gasteiger partial charge is 0.120 e. The highest BCUT2D eigenvalue weighted by Gasteiger charge is 2.41. The summed E-state index contributed by atoms with van der Waals surface area (Å²) >= 11 is 1.91. The van der Waals surface area contributed by atoms with E-state index in [-0.39, 0.29) is 10.5 Å².